The molecule has 0 fully saturated rings. The van der Waals surface area contributed by atoms with E-state index in [4.69, 9.17) is 4.98 Å². The Morgan fingerprint density at radius 3 is 2.72 bits per heavy atom. The Labute approximate surface area is 106 Å². The molecule has 0 aliphatic heterocycles. The van der Waals surface area contributed by atoms with Crippen LogP contribution in [0.1, 0.15) is 12.8 Å². The third-order valence-electron chi connectivity index (χ3n) is 3.14. The van der Waals surface area contributed by atoms with Gasteiger partial charge in [0.1, 0.15) is 5.82 Å². The Bertz CT molecular complexity index is 672. The molecule has 1 N–H and O–H groups in total. The third kappa shape index (κ3) is 1.99. The van der Waals surface area contributed by atoms with Crippen LogP contribution in [0.5, 0.6) is 0 Å². The number of fused-ring (bicyclic) bond motifs is 1. The number of anilines is 1. The van der Waals surface area contributed by atoms with E-state index in [0.29, 0.717) is 0 Å². The van der Waals surface area contributed by atoms with Crippen LogP contribution in [0.2, 0.25) is 0 Å². The second-order valence-corrected chi connectivity index (χ2v) is 4.34. The molecule has 2 heterocycles. The predicted molar refractivity (Wildman–Crippen MR) is 74.4 cm³/mol. The molecule has 0 unspecified atom stereocenters. The van der Waals surface area contributed by atoms with Crippen LogP contribution in [-0.2, 0) is 0 Å². The van der Waals surface area contributed by atoms with Crippen molar-refractivity contribution in [3.63, 3.8) is 0 Å². The zero-order valence-electron chi connectivity index (χ0n) is 10.4. The number of nitrogens with one attached hydrogen (secondary N) is 1. The van der Waals surface area contributed by atoms with Gasteiger partial charge in [-0.05, 0) is 36.3 Å². The van der Waals surface area contributed by atoms with Crippen LogP contribution in [0, 0.1) is 0 Å². The lowest BCUT2D eigenvalue weighted by Gasteiger charge is -2.04. The van der Waals surface area contributed by atoms with Crippen molar-refractivity contribution in [3.8, 4) is 11.3 Å². The molecule has 0 amide bonds. The van der Waals surface area contributed by atoms with Gasteiger partial charge in [0, 0.05) is 18.8 Å². The number of hydrogen-bond acceptors (Lipinski definition) is 3. The zero-order chi connectivity index (χ0) is 12.4. The maximum Gasteiger partial charge on any atom is 0.125 e. The van der Waals surface area contributed by atoms with Crippen molar-refractivity contribution >= 4 is 18.0 Å². The molecule has 0 saturated carbocycles. The molecule has 0 atom stereocenters. The first-order valence-corrected chi connectivity index (χ1v) is 6.18. The van der Waals surface area contributed by atoms with Gasteiger partial charge in [0.2, 0.25) is 0 Å². The maximum atomic E-state index is 4.69. The highest BCUT2D eigenvalue weighted by molar-refractivity contribution is 5.60. The van der Waals surface area contributed by atoms with Crippen molar-refractivity contribution in [1.29, 1.82) is 0 Å². The molecule has 3 nitrogen and oxygen atoms in total. The van der Waals surface area contributed by atoms with Crippen LogP contribution in [0.25, 0.3) is 23.4 Å². The molecule has 90 valence electrons. The Hall–Kier alpha value is -2.16. The molecule has 3 heteroatoms. The van der Waals surface area contributed by atoms with E-state index in [1.807, 2.05) is 25.4 Å². The second-order valence-electron chi connectivity index (χ2n) is 4.34. The highest BCUT2D eigenvalue weighted by atomic mass is 14.9. The van der Waals surface area contributed by atoms with Gasteiger partial charge >= 0.3 is 0 Å². The summed E-state index contributed by atoms with van der Waals surface area (Å²) in [6.45, 7) is 0. The summed E-state index contributed by atoms with van der Waals surface area (Å²) in [4.78, 5) is 9.01. The minimum absolute atomic E-state index is 0.872. The van der Waals surface area contributed by atoms with Gasteiger partial charge in [0.15, 0.2) is 0 Å². The van der Waals surface area contributed by atoms with Gasteiger partial charge in [-0.1, -0.05) is 18.2 Å². The number of hydrogen-bond donors (Lipinski definition) is 1. The number of pyridine rings is 2. The van der Waals surface area contributed by atoms with Gasteiger partial charge < -0.3 is 5.32 Å². The monoisotopic (exact) mass is 237 g/mol. The Morgan fingerprint density at radius 1 is 1.06 bits per heavy atom. The lowest BCUT2D eigenvalue weighted by Crippen LogP contribution is -2.29. The summed E-state index contributed by atoms with van der Waals surface area (Å²) in [5, 5.41) is 5.35. The van der Waals surface area contributed by atoms with Crippen LogP contribution >= 0.6 is 0 Å². The van der Waals surface area contributed by atoms with Gasteiger partial charge in [0.05, 0.1) is 11.0 Å². The van der Waals surface area contributed by atoms with Crippen molar-refractivity contribution < 1.29 is 0 Å². The molecule has 0 spiro atoms. The molecule has 0 aromatic carbocycles. The number of rotatable bonds is 2. The Kier molecular flexibility index (Phi) is 2.81. The quantitative estimate of drug-likeness (QED) is 0.861. The van der Waals surface area contributed by atoms with Crippen molar-refractivity contribution in [1.82, 2.24) is 9.97 Å². The lowest BCUT2D eigenvalue weighted by molar-refractivity contribution is 1.08. The first kappa shape index (κ1) is 11.0. The normalized spacial score (nSPS) is 13.2. The molecule has 2 aromatic rings. The van der Waals surface area contributed by atoms with Gasteiger partial charge in [-0.2, -0.15) is 0 Å². The van der Waals surface area contributed by atoms with E-state index in [1.165, 1.54) is 5.22 Å². The summed E-state index contributed by atoms with van der Waals surface area (Å²) in [6, 6.07) is 8.20. The maximum absolute atomic E-state index is 4.69. The largest absolute Gasteiger partial charge is 0.373 e. The van der Waals surface area contributed by atoms with Crippen LogP contribution in [-0.4, -0.2) is 17.0 Å². The average molecular weight is 237 g/mol. The van der Waals surface area contributed by atoms with Gasteiger partial charge in [-0.15, -0.1) is 0 Å². The molecule has 1 aliphatic rings. The third-order valence-corrected chi connectivity index (χ3v) is 3.14. The summed E-state index contributed by atoms with van der Waals surface area (Å²) in [6.07, 6.45) is 8.50. The molecular weight excluding hydrogens is 222 g/mol. The van der Waals surface area contributed by atoms with Crippen LogP contribution in [0.4, 0.5) is 5.82 Å². The molecule has 18 heavy (non-hydrogen) atoms. The van der Waals surface area contributed by atoms with Crippen LogP contribution in [0.15, 0.2) is 30.5 Å². The Morgan fingerprint density at radius 2 is 1.94 bits per heavy atom. The van der Waals surface area contributed by atoms with Gasteiger partial charge in [-0.25, -0.2) is 9.97 Å². The van der Waals surface area contributed by atoms with E-state index in [1.54, 1.807) is 0 Å². The number of nitrogens with zero attached hydrogens (tertiary/aromatic N) is 2. The standard InChI is InChI=1S/C15H15N3/c1-16-15-9-7-12(10-17-15)14-8-6-11-4-2-3-5-13(11)18-14/h4-10H,2-3H2,1H3,(H,16,17). The van der Waals surface area contributed by atoms with E-state index in [0.717, 1.165) is 35.3 Å². The summed E-state index contributed by atoms with van der Waals surface area (Å²) < 4.78 is 0. The number of aromatic nitrogens is 2. The SMILES string of the molecule is CNc1ccc(-c2ccc3c(n2)=CCCC=3)cn1. The fraction of sp³-hybridized carbons (Fsp3) is 0.200. The van der Waals surface area contributed by atoms with E-state index in [2.05, 4.69) is 34.6 Å². The molecule has 2 aromatic heterocycles. The highest BCUT2D eigenvalue weighted by Crippen LogP contribution is 2.15. The summed E-state index contributed by atoms with van der Waals surface area (Å²) in [5.74, 6) is 0.872. The zero-order valence-corrected chi connectivity index (χ0v) is 10.4. The highest BCUT2D eigenvalue weighted by Gasteiger charge is 2.01. The van der Waals surface area contributed by atoms with Gasteiger partial charge in [0.25, 0.3) is 0 Å². The Balaban J connectivity index is 2.07. The van der Waals surface area contributed by atoms with Crippen molar-refractivity contribution in [2.24, 2.45) is 0 Å². The summed E-state index contributed by atoms with van der Waals surface area (Å²) >= 11 is 0. The molecule has 3 rings (SSSR count). The molecule has 0 radical (unpaired) electrons. The minimum atomic E-state index is 0.872. The van der Waals surface area contributed by atoms with Crippen LogP contribution < -0.4 is 15.9 Å². The van der Waals surface area contributed by atoms with E-state index in [-0.39, 0.29) is 0 Å². The van der Waals surface area contributed by atoms with Crippen molar-refractivity contribution in [3.05, 3.63) is 41.0 Å². The lowest BCUT2D eigenvalue weighted by atomic mass is 10.1. The van der Waals surface area contributed by atoms with Crippen molar-refractivity contribution in [2.75, 3.05) is 12.4 Å². The second kappa shape index (κ2) is 4.61. The van der Waals surface area contributed by atoms with Gasteiger partial charge in [-0.3, -0.25) is 0 Å². The fourth-order valence-corrected chi connectivity index (χ4v) is 2.13. The predicted octanol–water partition coefficient (Wildman–Crippen LogP) is 1.54. The molecular formula is C15H15N3. The molecule has 0 saturated heterocycles. The smallest absolute Gasteiger partial charge is 0.125 e. The first-order chi connectivity index (χ1) is 8.86. The summed E-state index contributed by atoms with van der Waals surface area (Å²) in [7, 11) is 1.87. The molecule has 1 aliphatic carbocycles. The van der Waals surface area contributed by atoms with Crippen molar-refractivity contribution in [2.45, 2.75) is 12.8 Å². The molecule has 0 bridgehead atoms. The van der Waals surface area contributed by atoms with E-state index in [9.17, 15) is 0 Å². The van der Waals surface area contributed by atoms with E-state index < -0.39 is 0 Å². The van der Waals surface area contributed by atoms with Crippen LogP contribution in [0.3, 0.4) is 0 Å². The summed E-state index contributed by atoms with van der Waals surface area (Å²) in [5.41, 5.74) is 2.03. The topological polar surface area (TPSA) is 37.8 Å². The first-order valence-electron chi connectivity index (χ1n) is 6.18. The van der Waals surface area contributed by atoms with E-state index >= 15 is 0 Å². The minimum Gasteiger partial charge on any atom is -0.373 e. The average Bonchev–Trinajstić information content (AvgIpc) is 2.47. The fourth-order valence-electron chi connectivity index (χ4n) is 2.13.